The molecule has 0 aliphatic rings. The van der Waals surface area contributed by atoms with Gasteiger partial charge in [-0.05, 0) is 42.5 Å². The Kier molecular flexibility index (Phi) is 3.69. The highest BCUT2D eigenvalue weighted by molar-refractivity contribution is 5.59. The summed E-state index contributed by atoms with van der Waals surface area (Å²) in [5.74, 6) is 0.536. The van der Waals surface area contributed by atoms with E-state index < -0.39 is 0 Å². The van der Waals surface area contributed by atoms with E-state index in [2.05, 4.69) is 25.3 Å². The molecule has 116 valence electrons. The Morgan fingerprint density at radius 1 is 0.792 bits per heavy atom. The lowest BCUT2D eigenvalue weighted by molar-refractivity contribution is 1.06. The highest BCUT2D eigenvalue weighted by atomic mass is 15.1. The van der Waals surface area contributed by atoms with E-state index in [4.69, 9.17) is 0 Å². The number of nitrogens with zero attached hydrogens (tertiary/aromatic N) is 5. The number of imidazole rings is 1. The molecule has 0 aliphatic carbocycles. The fourth-order valence-electron chi connectivity index (χ4n) is 2.33. The van der Waals surface area contributed by atoms with E-state index in [1.807, 2.05) is 59.3 Å². The zero-order valence-corrected chi connectivity index (χ0v) is 12.7. The Bertz CT molecular complexity index is 917. The first-order valence-electron chi connectivity index (χ1n) is 7.48. The van der Waals surface area contributed by atoms with Crippen LogP contribution >= 0.6 is 0 Å². The zero-order valence-electron chi connectivity index (χ0n) is 12.7. The van der Waals surface area contributed by atoms with Gasteiger partial charge in [0.1, 0.15) is 0 Å². The van der Waals surface area contributed by atoms with E-state index in [1.165, 1.54) is 0 Å². The number of hydrogen-bond donors (Lipinski definition) is 1. The largest absolute Gasteiger partial charge is 0.324 e. The van der Waals surface area contributed by atoms with Gasteiger partial charge >= 0.3 is 0 Å². The van der Waals surface area contributed by atoms with Gasteiger partial charge in [0.05, 0.1) is 17.7 Å². The quantitative estimate of drug-likeness (QED) is 0.624. The molecular weight excluding hydrogens is 300 g/mol. The predicted octanol–water partition coefficient (Wildman–Crippen LogP) is 3.47. The van der Waals surface area contributed by atoms with Crippen LogP contribution < -0.4 is 5.32 Å². The van der Waals surface area contributed by atoms with Crippen LogP contribution in [-0.4, -0.2) is 24.5 Å². The summed E-state index contributed by atoms with van der Waals surface area (Å²) in [4.78, 5) is 17.1. The molecule has 0 radical (unpaired) electrons. The molecule has 4 aromatic rings. The molecule has 0 unspecified atom stereocenters. The maximum Gasteiger partial charge on any atom is 0.227 e. The fraction of sp³-hybridized carbons (Fsp3) is 0. The molecule has 0 saturated carbocycles. The number of nitrogens with one attached hydrogen (secondary N) is 1. The molecule has 6 heteroatoms. The minimum Gasteiger partial charge on any atom is -0.324 e. The Hall–Kier alpha value is -3.54. The molecule has 1 N–H and O–H groups in total. The molecule has 0 aliphatic heterocycles. The molecule has 0 atom stereocenters. The third kappa shape index (κ3) is 2.98. The molecule has 6 nitrogen and oxygen atoms in total. The second-order valence-corrected chi connectivity index (χ2v) is 5.12. The van der Waals surface area contributed by atoms with E-state index in [0.29, 0.717) is 5.95 Å². The summed E-state index contributed by atoms with van der Waals surface area (Å²) in [5.41, 5.74) is 3.56. The molecule has 0 spiro atoms. The van der Waals surface area contributed by atoms with E-state index >= 15 is 0 Å². The first-order chi connectivity index (χ1) is 11.9. The molecule has 3 heterocycles. The summed E-state index contributed by atoms with van der Waals surface area (Å²) in [6.07, 6.45) is 8.89. The molecule has 0 amide bonds. The monoisotopic (exact) mass is 314 g/mol. The van der Waals surface area contributed by atoms with Crippen molar-refractivity contribution in [1.82, 2.24) is 24.5 Å². The minimum absolute atomic E-state index is 0.536. The van der Waals surface area contributed by atoms with Crippen LogP contribution in [0.25, 0.3) is 17.1 Å². The Morgan fingerprint density at radius 3 is 2.46 bits per heavy atom. The molecule has 24 heavy (non-hydrogen) atoms. The molecule has 4 rings (SSSR count). The van der Waals surface area contributed by atoms with Gasteiger partial charge in [-0.2, -0.15) is 0 Å². The topological polar surface area (TPSA) is 68.5 Å². The van der Waals surface area contributed by atoms with E-state index in [9.17, 15) is 0 Å². The maximum absolute atomic E-state index is 4.51. The number of pyridine rings is 1. The van der Waals surface area contributed by atoms with Gasteiger partial charge in [0.2, 0.25) is 5.95 Å². The lowest BCUT2D eigenvalue weighted by Gasteiger charge is -2.08. The van der Waals surface area contributed by atoms with Gasteiger partial charge in [0.25, 0.3) is 0 Å². The van der Waals surface area contributed by atoms with Crippen molar-refractivity contribution in [2.75, 3.05) is 5.32 Å². The van der Waals surface area contributed by atoms with Crippen LogP contribution in [0, 0.1) is 0 Å². The average molecular weight is 314 g/mol. The summed E-state index contributed by atoms with van der Waals surface area (Å²) in [5, 5.41) is 3.21. The first-order valence-corrected chi connectivity index (χ1v) is 7.48. The third-order valence-electron chi connectivity index (χ3n) is 3.51. The molecule has 3 aromatic heterocycles. The van der Waals surface area contributed by atoms with Crippen molar-refractivity contribution in [1.29, 1.82) is 0 Å². The second-order valence-electron chi connectivity index (χ2n) is 5.12. The summed E-state index contributed by atoms with van der Waals surface area (Å²) in [6.45, 7) is 0. The summed E-state index contributed by atoms with van der Waals surface area (Å²) in [6, 6.07) is 15.6. The van der Waals surface area contributed by atoms with Crippen molar-refractivity contribution in [3.05, 3.63) is 79.6 Å². The Labute approximate surface area is 138 Å². The van der Waals surface area contributed by atoms with Crippen molar-refractivity contribution < 1.29 is 0 Å². The second kappa shape index (κ2) is 6.29. The van der Waals surface area contributed by atoms with Crippen molar-refractivity contribution in [2.45, 2.75) is 0 Å². The number of benzene rings is 1. The van der Waals surface area contributed by atoms with Gasteiger partial charge in [0.15, 0.2) is 0 Å². The zero-order chi connectivity index (χ0) is 16.2. The van der Waals surface area contributed by atoms with Crippen LogP contribution in [0.3, 0.4) is 0 Å². The average Bonchev–Trinajstić information content (AvgIpc) is 3.18. The van der Waals surface area contributed by atoms with Gasteiger partial charge in [-0.15, -0.1) is 0 Å². The lowest BCUT2D eigenvalue weighted by Crippen LogP contribution is -1.99. The van der Waals surface area contributed by atoms with E-state index in [-0.39, 0.29) is 0 Å². The molecule has 0 saturated heterocycles. The maximum atomic E-state index is 4.51. The van der Waals surface area contributed by atoms with Crippen LogP contribution in [0.4, 0.5) is 11.6 Å². The SMILES string of the molecule is c1ccc(-c2ccnc(Nc3ccc(-n4ccnc4)cc3)n2)nc1. The molecule has 1 aromatic carbocycles. The highest BCUT2D eigenvalue weighted by Crippen LogP contribution is 2.18. The minimum atomic E-state index is 0.536. The van der Waals surface area contributed by atoms with Gasteiger partial charge in [-0.1, -0.05) is 6.07 Å². The Morgan fingerprint density at radius 2 is 1.71 bits per heavy atom. The highest BCUT2D eigenvalue weighted by Gasteiger charge is 2.04. The van der Waals surface area contributed by atoms with Crippen LogP contribution in [0.2, 0.25) is 0 Å². The van der Waals surface area contributed by atoms with Crippen molar-refractivity contribution in [3.8, 4) is 17.1 Å². The van der Waals surface area contributed by atoms with E-state index in [1.54, 1.807) is 24.9 Å². The van der Waals surface area contributed by atoms with Crippen LogP contribution in [0.5, 0.6) is 0 Å². The predicted molar refractivity (Wildman–Crippen MR) is 92.1 cm³/mol. The Balaban J connectivity index is 1.55. The number of aromatic nitrogens is 5. The molecular formula is C18H14N6. The van der Waals surface area contributed by atoms with Gasteiger partial charge in [-0.3, -0.25) is 4.98 Å². The summed E-state index contributed by atoms with van der Waals surface area (Å²) < 4.78 is 1.95. The van der Waals surface area contributed by atoms with E-state index in [0.717, 1.165) is 22.8 Å². The van der Waals surface area contributed by atoms with Gasteiger partial charge in [0, 0.05) is 36.2 Å². The summed E-state index contributed by atoms with van der Waals surface area (Å²) in [7, 11) is 0. The summed E-state index contributed by atoms with van der Waals surface area (Å²) >= 11 is 0. The van der Waals surface area contributed by atoms with Crippen molar-refractivity contribution >= 4 is 11.6 Å². The number of anilines is 2. The molecule has 0 fully saturated rings. The van der Waals surface area contributed by atoms with Crippen molar-refractivity contribution in [2.24, 2.45) is 0 Å². The van der Waals surface area contributed by atoms with Crippen LogP contribution in [0.1, 0.15) is 0 Å². The number of hydrogen-bond acceptors (Lipinski definition) is 5. The number of rotatable bonds is 4. The smallest absolute Gasteiger partial charge is 0.227 e. The standard InChI is InChI=1S/C18H14N6/c1-2-9-20-16(3-1)17-8-10-21-18(23-17)22-14-4-6-15(7-5-14)24-12-11-19-13-24/h1-13H,(H,21,22,23). The van der Waals surface area contributed by atoms with Crippen molar-refractivity contribution in [3.63, 3.8) is 0 Å². The first kappa shape index (κ1) is 14.1. The van der Waals surface area contributed by atoms with Gasteiger partial charge in [-0.25, -0.2) is 15.0 Å². The molecule has 0 bridgehead atoms. The van der Waals surface area contributed by atoms with Crippen LogP contribution in [-0.2, 0) is 0 Å². The third-order valence-corrected chi connectivity index (χ3v) is 3.51. The van der Waals surface area contributed by atoms with Gasteiger partial charge < -0.3 is 9.88 Å². The lowest BCUT2D eigenvalue weighted by atomic mass is 10.2. The normalized spacial score (nSPS) is 10.5. The van der Waals surface area contributed by atoms with Crippen LogP contribution in [0.15, 0.2) is 79.6 Å². The fourth-order valence-corrected chi connectivity index (χ4v) is 2.33.